The number of hydrogen-bond donors (Lipinski definition) is 0. The summed E-state index contributed by atoms with van der Waals surface area (Å²) in [6.07, 6.45) is 1.79. The summed E-state index contributed by atoms with van der Waals surface area (Å²) >= 11 is 0. The Kier molecular flexibility index (Phi) is 3.74. The monoisotopic (exact) mass is 234 g/mol. The van der Waals surface area contributed by atoms with Gasteiger partial charge in [-0.05, 0) is 17.5 Å². The molecular weight excluding hydrogens is 216 g/mol. The Morgan fingerprint density at radius 3 is 2.59 bits per heavy atom. The highest BCUT2D eigenvalue weighted by atomic mass is 16.5. The van der Waals surface area contributed by atoms with Crippen LogP contribution in [0.25, 0.3) is 0 Å². The lowest BCUT2D eigenvalue weighted by Gasteiger charge is -2.26. The minimum Gasteiger partial charge on any atom is -0.378 e. The van der Waals surface area contributed by atoms with Crippen LogP contribution in [-0.2, 0) is 4.74 Å². The Bertz CT molecular complexity index is 381. The molecule has 4 nitrogen and oxygen atoms in total. The van der Waals surface area contributed by atoms with Crippen molar-refractivity contribution in [2.24, 2.45) is 0 Å². The smallest absolute Gasteiger partial charge is 0.272 e. The van der Waals surface area contributed by atoms with E-state index in [9.17, 15) is 4.79 Å². The number of nitrogens with zero attached hydrogens (tertiary/aromatic N) is 2. The number of hydrogen-bond acceptors (Lipinski definition) is 3. The Morgan fingerprint density at radius 1 is 1.35 bits per heavy atom. The van der Waals surface area contributed by atoms with E-state index in [-0.39, 0.29) is 5.91 Å². The maximum atomic E-state index is 12.1. The number of ether oxygens (including phenoxy) is 1. The zero-order valence-corrected chi connectivity index (χ0v) is 10.3. The van der Waals surface area contributed by atoms with Gasteiger partial charge in [0.15, 0.2) is 0 Å². The van der Waals surface area contributed by atoms with Crippen LogP contribution in [0.4, 0.5) is 0 Å². The van der Waals surface area contributed by atoms with Gasteiger partial charge in [0, 0.05) is 19.3 Å². The van der Waals surface area contributed by atoms with Gasteiger partial charge >= 0.3 is 0 Å². The maximum Gasteiger partial charge on any atom is 0.272 e. The third-order valence-corrected chi connectivity index (χ3v) is 2.97. The first-order valence-corrected chi connectivity index (χ1v) is 6.01. The van der Waals surface area contributed by atoms with E-state index in [1.54, 1.807) is 11.1 Å². The highest BCUT2D eigenvalue weighted by Gasteiger charge is 2.19. The van der Waals surface area contributed by atoms with Crippen LogP contribution in [-0.4, -0.2) is 42.1 Å². The predicted molar refractivity (Wildman–Crippen MR) is 65.0 cm³/mol. The van der Waals surface area contributed by atoms with Crippen LogP contribution < -0.4 is 0 Å². The summed E-state index contributed by atoms with van der Waals surface area (Å²) in [5.41, 5.74) is 1.68. The van der Waals surface area contributed by atoms with Gasteiger partial charge in [0.05, 0.1) is 13.2 Å². The number of pyridine rings is 1. The van der Waals surface area contributed by atoms with Crippen molar-refractivity contribution in [2.75, 3.05) is 26.3 Å². The van der Waals surface area contributed by atoms with Gasteiger partial charge in [0.25, 0.3) is 5.91 Å². The minimum absolute atomic E-state index is 0.00334. The summed E-state index contributed by atoms with van der Waals surface area (Å²) in [5.74, 6) is 0.443. The van der Waals surface area contributed by atoms with Crippen LogP contribution in [0.3, 0.4) is 0 Å². The Labute approximate surface area is 102 Å². The molecule has 2 heterocycles. The molecule has 1 fully saturated rings. The summed E-state index contributed by atoms with van der Waals surface area (Å²) in [5, 5.41) is 0. The third kappa shape index (κ3) is 2.82. The fourth-order valence-electron chi connectivity index (χ4n) is 1.80. The quantitative estimate of drug-likeness (QED) is 0.782. The summed E-state index contributed by atoms with van der Waals surface area (Å²) < 4.78 is 5.22. The molecule has 0 N–H and O–H groups in total. The van der Waals surface area contributed by atoms with Crippen LogP contribution in [0.1, 0.15) is 35.8 Å². The Morgan fingerprint density at radius 2 is 2.06 bits per heavy atom. The van der Waals surface area contributed by atoms with Crippen molar-refractivity contribution < 1.29 is 9.53 Å². The van der Waals surface area contributed by atoms with Crippen LogP contribution in [0.2, 0.25) is 0 Å². The second-order valence-corrected chi connectivity index (χ2v) is 4.54. The highest BCUT2D eigenvalue weighted by Crippen LogP contribution is 2.13. The molecule has 0 saturated carbocycles. The molecule has 17 heavy (non-hydrogen) atoms. The summed E-state index contributed by atoms with van der Waals surface area (Å²) in [6, 6.07) is 3.79. The molecule has 0 bridgehead atoms. The van der Waals surface area contributed by atoms with Crippen LogP contribution in [0, 0.1) is 0 Å². The van der Waals surface area contributed by atoms with Gasteiger partial charge in [-0.1, -0.05) is 19.9 Å². The molecule has 4 heteroatoms. The second-order valence-electron chi connectivity index (χ2n) is 4.54. The average Bonchev–Trinajstić information content (AvgIpc) is 2.39. The van der Waals surface area contributed by atoms with E-state index in [4.69, 9.17) is 4.74 Å². The lowest BCUT2D eigenvalue weighted by Crippen LogP contribution is -2.41. The molecule has 1 aliphatic rings. The standard InChI is InChI=1S/C13H18N2O2/c1-10(2)11-3-4-12(14-9-11)13(16)15-5-7-17-8-6-15/h3-4,9-10H,5-8H2,1-2H3. The van der Waals surface area contributed by atoms with Crippen molar-refractivity contribution in [3.05, 3.63) is 29.6 Å². The molecule has 1 aromatic heterocycles. The maximum absolute atomic E-state index is 12.1. The predicted octanol–water partition coefficient (Wildman–Crippen LogP) is 1.68. The first-order valence-electron chi connectivity index (χ1n) is 6.01. The fraction of sp³-hybridized carbons (Fsp3) is 0.538. The van der Waals surface area contributed by atoms with E-state index < -0.39 is 0 Å². The molecule has 1 saturated heterocycles. The molecule has 2 rings (SSSR count). The number of carbonyl (C=O) groups is 1. The average molecular weight is 234 g/mol. The number of aromatic nitrogens is 1. The molecule has 92 valence electrons. The first kappa shape index (κ1) is 12.0. The van der Waals surface area contributed by atoms with Crippen molar-refractivity contribution >= 4 is 5.91 Å². The van der Waals surface area contributed by atoms with Crippen LogP contribution >= 0.6 is 0 Å². The van der Waals surface area contributed by atoms with Crippen molar-refractivity contribution in [3.63, 3.8) is 0 Å². The van der Waals surface area contributed by atoms with Crippen molar-refractivity contribution in [3.8, 4) is 0 Å². The third-order valence-electron chi connectivity index (χ3n) is 2.97. The zero-order chi connectivity index (χ0) is 12.3. The van der Waals surface area contributed by atoms with Gasteiger partial charge in [-0.25, -0.2) is 0 Å². The largest absolute Gasteiger partial charge is 0.378 e. The number of rotatable bonds is 2. The lowest BCUT2D eigenvalue weighted by molar-refractivity contribution is 0.0299. The van der Waals surface area contributed by atoms with Crippen molar-refractivity contribution in [2.45, 2.75) is 19.8 Å². The molecular formula is C13H18N2O2. The normalized spacial score (nSPS) is 16.3. The molecule has 1 amide bonds. The minimum atomic E-state index is 0.00334. The molecule has 1 aromatic rings. The SMILES string of the molecule is CC(C)c1ccc(C(=O)N2CCOCC2)nc1. The summed E-state index contributed by atoms with van der Waals surface area (Å²) in [7, 11) is 0. The molecule has 0 spiro atoms. The van der Waals surface area contributed by atoms with E-state index in [2.05, 4.69) is 18.8 Å². The summed E-state index contributed by atoms with van der Waals surface area (Å²) in [6.45, 7) is 6.78. The first-order chi connectivity index (χ1) is 8.18. The number of morpholine rings is 1. The van der Waals surface area contributed by atoms with Gasteiger partial charge in [-0.2, -0.15) is 0 Å². The lowest BCUT2D eigenvalue weighted by atomic mass is 10.1. The molecule has 0 atom stereocenters. The topological polar surface area (TPSA) is 42.4 Å². The van der Waals surface area contributed by atoms with Gasteiger partial charge in [0.1, 0.15) is 5.69 Å². The van der Waals surface area contributed by atoms with Crippen LogP contribution in [0.15, 0.2) is 18.3 Å². The van der Waals surface area contributed by atoms with Gasteiger partial charge in [-0.15, -0.1) is 0 Å². The zero-order valence-electron chi connectivity index (χ0n) is 10.3. The van der Waals surface area contributed by atoms with Crippen molar-refractivity contribution in [1.29, 1.82) is 0 Å². The number of carbonyl (C=O) groups excluding carboxylic acids is 1. The second kappa shape index (κ2) is 5.27. The van der Waals surface area contributed by atoms with Gasteiger partial charge in [-0.3, -0.25) is 9.78 Å². The van der Waals surface area contributed by atoms with E-state index in [1.165, 1.54) is 0 Å². The fourth-order valence-corrected chi connectivity index (χ4v) is 1.80. The molecule has 0 radical (unpaired) electrons. The van der Waals surface area contributed by atoms with E-state index in [0.717, 1.165) is 5.56 Å². The summed E-state index contributed by atoms with van der Waals surface area (Å²) in [4.78, 5) is 18.1. The molecule has 0 unspecified atom stereocenters. The molecule has 0 aromatic carbocycles. The van der Waals surface area contributed by atoms with E-state index in [0.29, 0.717) is 37.9 Å². The van der Waals surface area contributed by atoms with E-state index in [1.807, 2.05) is 12.1 Å². The Hall–Kier alpha value is -1.42. The van der Waals surface area contributed by atoms with Gasteiger partial charge < -0.3 is 9.64 Å². The number of amides is 1. The molecule has 1 aliphatic heterocycles. The van der Waals surface area contributed by atoms with Gasteiger partial charge in [0.2, 0.25) is 0 Å². The van der Waals surface area contributed by atoms with Crippen molar-refractivity contribution in [1.82, 2.24) is 9.88 Å². The van der Waals surface area contributed by atoms with Crippen LogP contribution in [0.5, 0.6) is 0 Å². The Balaban J connectivity index is 2.08. The highest BCUT2D eigenvalue weighted by molar-refractivity contribution is 5.92. The molecule has 0 aliphatic carbocycles. The van der Waals surface area contributed by atoms with E-state index >= 15 is 0 Å².